The monoisotopic (exact) mass is 356 g/mol. The average molecular weight is 357 g/mol. The Kier molecular flexibility index (Phi) is 4.37. The second-order valence-electron chi connectivity index (χ2n) is 6.04. The lowest BCUT2D eigenvalue weighted by Crippen LogP contribution is -2.53. The van der Waals surface area contributed by atoms with Crippen molar-refractivity contribution < 1.29 is 14.7 Å². The van der Waals surface area contributed by atoms with Gasteiger partial charge in [0.05, 0.1) is 11.6 Å². The normalized spacial score (nSPS) is 14.8. The van der Waals surface area contributed by atoms with Gasteiger partial charge in [-0.2, -0.15) is 0 Å². The molecular weight excluding hydrogens is 340 g/mol. The van der Waals surface area contributed by atoms with Crippen molar-refractivity contribution in [3.63, 3.8) is 0 Å². The maximum absolute atomic E-state index is 13.2. The number of carboxylic acids is 1. The van der Waals surface area contributed by atoms with Crippen molar-refractivity contribution >= 4 is 34.3 Å². The number of H-pyrrole nitrogens is 1. The molecule has 25 heavy (non-hydrogen) atoms. The van der Waals surface area contributed by atoms with E-state index in [9.17, 15) is 14.7 Å². The van der Waals surface area contributed by atoms with Crippen LogP contribution in [-0.2, 0) is 10.3 Å². The number of ketones is 1. The number of halogens is 1. The highest BCUT2D eigenvalue weighted by Gasteiger charge is 2.45. The van der Waals surface area contributed by atoms with E-state index in [-0.39, 0.29) is 5.69 Å². The van der Waals surface area contributed by atoms with E-state index in [1.165, 1.54) is 6.92 Å². The summed E-state index contributed by atoms with van der Waals surface area (Å²) in [4.78, 5) is 27.8. The summed E-state index contributed by atoms with van der Waals surface area (Å²) in [5.74, 6) is -2.74. The summed E-state index contributed by atoms with van der Waals surface area (Å²) in [7, 11) is 0. The van der Waals surface area contributed by atoms with Crippen LogP contribution < -0.4 is 5.73 Å². The van der Waals surface area contributed by atoms with Gasteiger partial charge in [-0.25, -0.2) is 0 Å². The van der Waals surface area contributed by atoms with Gasteiger partial charge >= 0.3 is 5.97 Å². The van der Waals surface area contributed by atoms with Crippen LogP contribution in [0.15, 0.2) is 54.6 Å². The predicted molar refractivity (Wildman–Crippen MR) is 96.7 cm³/mol. The third-order valence-electron chi connectivity index (χ3n) is 4.51. The maximum atomic E-state index is 13.2. The zero-order chi connectivity index (χ0) is 18.2. The Labute approximate surface area is 149 Å². The number of carbonyl (C=O) groups is 2. The molecule has 128 valence electrons. The topological polar surface area (TPSA) is 96.2 Å². The molecule has 2 aromatic carbocycles. The molecule has 0 fully saturated rings. The molecule has 0 aliphatic rings. The molecule has 0 aliphatic carbocycles. The third kappa shape index (κ3) is 2.92. The fourth-order valence-electron chi connectivity index (χ4n) is 2.94. The lowest BCUT2D eigenvalue weighted by atomic mass is 9.75. The van der Waals surface area contributed by atoms with Crippen LogP contribution in [0.25, 0.3) is 10.9 Å². The smallest absolute Gasteiger partial charge is 0.308 e. The zero-order valence-electron chi connectivity index (χ0n) is 13.5. The molecule has 3 rings (SSSR count). The SMILES string of the molecule is C[C@@H](C(=O)O)[C@@](N)(C(=O)c1cc2cc(Cl)ccc2[nH]1)c1ccccc1. The minimum Gasteiger partial charge on any atom is -0.481 e. The van der Waals surface area contributed by atoms with E-state index in [4.69, 9.17) is 17.3 Å². The van der Waals surface area contributed by atoms with Crippen molar-refractivity contribution in [2.45, 2.75) is 12.5 Å². The van der Waals surface area contributed by atoms with Crippen LogP contribution >= 0.6 is 11.6 Å². The number of carboxylic acid groups (broad SMARTS) is 1. The predicted octanol–water partition coefficient (Wildman–Crippen LogP) is 3.58. The molecule has 0 radical (unpaired) electrons. The van der Waals surface area contributed by atoms with Gasteiger partial charge in [-0.1, -0.05) is 41.9 Å². The van der Waals surface area contributed by atoms with Gasteiger partial charge in [0.1, 0.15) is 5.54 Å². The minimum atomic E-state index is -1.70. The van der Waals surface area contributed by atoms with Crippen LogP contribution in [-0.4, -0.2) is 21.8 Å². The molecule has 6 heteroatoms. The van der Waals surface area contributed by atoms with Gasteiger partial charge in [0.15, 0.2) is 0 Å². The Hall–Kier alpha value is -2.63. The quantitative estimate of drug-likeness (QED) is 0.609. The number of benzene rings is 2. The van der Waals surface area contributed by atoms with E-state index in [2.05, 4.69) is 4.98 Å². The van der Waals surface area contributed by atoms with Gasteiger partial charge in [0, 0.05) is 15.9 Å². The van der Waals surface area contributed by atoms with Crippen LogP contribution in [0.2, 0.25) is 5.02 Å². The standard InChI is InChI=1S/C19H17ClN2O3/c1-11(18(24)25)19(21,13-5-3-2-4-6-13)17(23)16-10-12-9-14(20)7-8-15(12)22-16/h2-11,22H,21H2,1H3,(H,24,25)/t11-,19-/m0/s1. The number of carbonyl (C=O) groups excluding carboxylic acids is 1. The van der Waals surface area contributed by atoms with Gasteiger partial charge in [0.25, 0.3) is 0 Å². The fourth-order valence-corrected chi connectivity index (χ4v) is 3.12. The van der Waals surface area contributed by atoms with E-state index in [0.717, 1.165) is 10.9 Å². The van der Waals surface area contributed by atoms with Crippen molar-refractivity contribution in [1.82, 2.24) is 4.98 Å². The maximum Gasteiger partial charge on any atom is 0.308 e. The van der Waals surface area contributed by atoms with Crippen LogP contribution in [0.3, 0.4) is 0 Å². The van der Waals surface area contributed by atoms with Crippen LogP contribution in [0.4, 0.5) is 0 Å². The Morgan fingerprint density at radius 1 is 1.16 bits per heavy atom. The molecule has 3 aromatic rings. The van der Waals surface area contributed by atoms with Crippen molar-refractivity contribution in [2.24, 2.45) is 11.7 Å². The van der Waals surface area contributed by atoms with Gasteiger partial charge in [-0.3, -0.25) is 9.59 Å². The molecule has 0 spiro atoms. The molecule has 0 unspecified atom stereocenters. The summed E-state index contributed by atoms with van der Waals surface area (Å²) in [6.45, 7) is 1.44. The molecule has 4 N–H and O–H groups in total. The second-order valence-corrected chi connectivity index (χ2v) is 6.48. The molecule has 0 amide bonds. The highest BCUT2D eigenvalue weighted by molar-refractivity contribution is 6.31. The van der Waals surface area contributed by atoms with Gasteiger partial charge in [-0.15, -0.1) is 0 Å². The Balaban J connectivity index is 2.14. The van der Waals surface area contributed by atoms with E-state index in [1.54, 1.807) is 54.6 Å². The number of hydrogen-bond donors (Lipinski definition) is 3. The van der Waals surface area contributed by atoms with Crippen LogP contribution in [0, 0.1) is 5.92 Å². The summed E-state index contributed by atoms with van der Waals surface area (Å²) in [6.07, 6.45) is 0. The van der Waals surface area contributed by atoms with Gasteiger partial charge < -0.3 is 15.8 Å². The first-order valence-electron chi connectivity index (χ1n) is 7.74. The first-order valence-corrected chi connectivity index (χ1v) is 8.12. The zero-order valence-corrected chi connectivity index (χ0v) is 14.2. The number of aromatic amines is 1. The lowest BCUT2D eigenvalue weighted by molar-refractivity contribution is -0.143. The molecule has 5 nitrogen and oxygen atoms in total. The number of nitrogens with two attached hydrogens (primary N) is 1. The second kappa shape index (κ2) is 6.35. The molecule has 2 atom stereocenters. The van der Waals surface area contributed by atoms with Gasteiger partial charge in [0.2, 0.25) is 5.78 Å². The van der Waals surface area contributed by atoms with E-state index in [0.29, 0.717) is 10.6 Å². The molecule has 0 bridgehead atoms. The van der Waals surface area contributed by atoms with Crippen molar-refractivity contribution in [3.8, 4) is 0 Å². The van der Waals surface area contributed by atoms with E-state index in [1.807, 2.05) is 0 Å². The number of fused-ring (bicyclic) bond motifs is 1. The molecular formula is C19H17ClN2O3. The number of aromatic nitrogens is 1. The minimum absolute atomic E-state index is 0.247. The van der Waals surface area contributed by atoms with E-state index >= 15 is 0 Å². The van der Waals surface area contributed by atoms with Crippen LogP contribution in [0.1, 0.15) is 23.0 Å². The van der Waals surface area contributed by atoms with Crippen molar-refractivity contribution in [2.75, 3.05) is 0 Å². The van der Waals surface area contributed by atoms with E-state index < -0.39 is 23.2 Å². The largest absolute Gasteiger partial charge is 0.481 e. The number of aliphatic carboxylic acids is 1. The Bertz CT molecular complexity index is 952. The summed E-state index contributed by atoms with van der Waals surface area (Å²) in [5, 5.41) is 10.8. The molecule has 1 aromatic heterocycles. The van der Waals surface area contributed by atoms with Gasteiger partial charge in [-0.05, 0) is 36.8 Å². The highest BCUT2D eigenvalue weighted by Crippen LogP contribution is 2.32. The summed E-state index contributed by atoms with van der Waals surface area (Å²) >= 11 is 5.98. The summed E-state index contributed by atoms with van der Waals surface area (Å²) in [6, 6.07) is 15.4. The molecule has 0 saturated carbocycles. The summed E-state index contributed by atoms with van der Waals surface area (Å²) < 4.78 is 0. The lowest BCUT2D eigenvalue weighted by Gasteiger charge is -2.31. The number of hydrogen-bond acceptors (Lipinski definition) is 3. The molecule has 1 heterocycles. The van der Waals surface area contributed by atoms with Crippen molar-refractivity contribution in [3.05, 3.63) is 70.9 Å². The third-order valence-corrected chi connectivity index (χ3v) is 4.74. The first-order chi connectivity index (χ1) is 11.8. The molecule has 0 saturated heterocycles. The fraction of sp³-hybridized carbons (Fsp3) is 0.158. The van der Waals surface area contributed by atoms with Crippen molar-refractivity contribution in [1.29, 1.82) is 0 Å². The summed E-state index contributed by atoms with van der Waals surface area (Å²) in [5.41, 5.74) is 6.14. The number of Topliss-reactive ketones (excluding diaryl/α,β-unsaturated/α-hetero) is 1. The molecule has 0 aliphatic heterocycles. The Morgan fingerprint density at radius 3 is 2.48 bits per heavy atom. The Morgan fingerprint density at radius 2 is 1.84 bits per heavy atom. The first kappa shape index (κ1) is 17.2. The average Bonchev–Trinajstić information content (AvgIpc) is 3.03. The van der Waals surface area contributed by atoms with Crippen LogP contribution in [0.5, 0.6) is 0 Å². The number of nitrogens with one attached hydrogen (secondary N) is 1. The number of rotatable bonds is 5. The highest BCUT2D eigenvalue weighted by atomic mass is 35.5.